The second-order valence-electron chi connectivity index (χ2n) is 6.59. The van der Waals surface area contributed by atoms with E-state index in [0.717, 1.165) is 29.5 Å². The van der Waals surface area contributed by atoms with Gasteiger partial charge in [0.15, 0.2) is 11.7 Å². The van der Waals surface area contributed by atoms with Crippen molar-refractivity contribution in [1.82, 2.24) is 4.98 Å². The molecule has 0 spiro atoms. The number of aryl methyl sites for hydroxylation is 1. The Bertz CT molecular complexity index is 1160. The number of nitro benzene ring substituents is 1. The largest absolute Gasteiger partial charge is 0.484 e. The number of hydrogen-bond donors (Lipinski definition) is 1. The first-order valence-corrected chi connectivity index (χ1v) is 9.84. The molecule has 0 saturated carbocycles. The highest BCUT2D eigenvalue weighted by atomic mass is 32.1. The summed E-state index contributed by atoms with van der Waals surface area (Å²) in [6, 6.07) is 8.90. The average molecular weight is 469 g/mol. The van der Waals surface area contributed by atoms with Crippen molar-refractivity contribution in [2.24, 2.45) is 0 Å². The molecule has 0 aliphatic rings. The predicted molar refractivity (Wildman–Crippen MR) is 109 cm³/mol. The van der Waals surface area contributed by atoms with E-state index in [1.807, 2.05) is 0 Å². The fourth-order valence-corrected chi connectivity index (χ4v) is 3.72. The number of alkyl halides is 3. The van der Waals surface area contributed by atoms with Crippen LogP contribution in [0.3, 0.4) is 0 Å². The van der Waals surface area contributed by atoms with Crippen LogP contribution < -0.4 is 10.1 Å². The van der Waals surface area contributed by atoms with Crippen LogP contribution in [0.25, 0.3) is 0 Å². The third-order valence-electron chi connectivity index (χ3n) is 4.23. The highest BCUT2D eigenvalue weighted by Gasteiger charge is 2.29. The first-order valence-electron chi connectivity index (χ1n) is 9.02. The number of rotatable bonds is 7. The Labute approximate surface area is 182 Å². The van der Waals surface area contributed by atoms with E-state index >= 15 is 0 Å². The molecule has 0 unspecified atom stereocenters. The summed E-state index contributed by atoms with van der Waals surface area (Å²) in [6.45, 7) is 0.0489. The Morgan fingerprint density at radius 2 is 1.97 bits per heavy atom. The maximum atomic E-state index is 13.9. The number of nitrogens with one attached hydrogen (secondary N) is 1. The number of carbonyl (C=O) groups is 1. The first-order chi connectivity index (χ1) is 15.0. The fraction of sp³-hybridized carbons (Fsp3) is 0.200. The van der Waals surface area contributed by atoms with E-state index in [1.54, 1.807) is 25.1 Å². The standard InChI is InChI=1S/C20H15F4N3O4S/c1-11-17(8-12-4-2-3-5-15(12)21)32-19(25-11)26-18(28)14-9-13(31-10-20(22,23)24)6-7-16(14)27(29)30/h2-7,9H,8,10H2,1H3,(H,25,26,28). The van der Waals surface area contributed by atoms with Gasteiger partial charge in [0.25, 0.3) is 11.6 Å². The fourth-order valence-electron chi connectivity index (χ4n) is 2.74. The van der Waals surface area contributed by atoms with Crippen LogP contribution in [0.15, 0.2) is 42.5 Å². The average Bonchev–Trinajstić information content (AvgIpc) is 3.06. The molecule has 1 N–H and O–H groups in total. The van der Waals surface area contributed by atoms with Crippen LogP contribution in [0, 0.1) is 22.9 Å². The van der Waals surface area contributed by atoms with Gasteiger partial charge in [0, 0.05) is 17.4 Å². The summed E-state index contributed by atoms with van der Waals surface area (Å²) >= 11 is 1.06. The van der Waals surface area contributed by atoms with Gasteiger partial charge in [-0.25, -0.2) is 9.37 Å². The van der Waals surface area contributed by atoms with Gasteiger partial charge in [0.2, 0.25) is 0 Å². The van der Waals surface area contributed by atoms with Crippen molar-refractivity contribution in [3.8, 4) is 5.75 Å². The summed E-state index contributed by atoms with van der Waals surface area (Å²) < 4.78 is 55.6. The quantitative estimate of drug-likeness (QED) is 0.289. The van der Waals surface area contributed by atoms with Gasteiger partial charge in [-0.1, -0.05) is 18.2 Å². The Balaban J connectivity index is 1.82. The van der Waals surface area contributed by atoms with Crippen molar-refractivity contribution in [2.45, 2.75) is 19.5 Å². The molecular weight excluding hydrogens is 454 g/mol. The molecule has 1 aromatic heterocycles. The number of benzene rings is 2. The van der Waals surface area contributed by atoms with E-state index in [9.17, 15) is 32.5 Å². The van der Waals surface area contributed by atoms with Crippen LogP contribution in [0.4, 0.5) is 28.4 Å². The molecule has 0 atom stereocenters. The van der Waals surface area contributed by atoms with E-state index in [4.69, 9.17) is 0 Å². The number of aromatic nitrogens is 1. The second-order valence-corrected chi connectivity index (χ2v) is 7.67. The van der Waals surface area contributed by atoms with Crippen molar-refractivity contribution in [3.63, 3.8) is 0 Å². The van der Waals surface area contributed by atoms with Gasteiger partial charge in [-0.15, -0.1) is 11.3 Å². The van der Waals surface area contributed by atoms with Crippen molar-refractivity contribution < 1.29 is 32.0 Å². The number of anilines is 1. The smallest absolute Gasteiger partial charge is 0.422 e. The number of nitrogens with zero attached hydrogens (tertiary/aromatic N) is 2. The summed E-state index contributed by atoms with van der Waals surface area (Å²) in [7, 11) is 0. The normalized spacial score (nSPS) is 11.3. The number of carbonyl (C=O) groups excluding carboxylic acids is 1. The topological polar surface area (TPSA) is 94.4 Å². The van der Waals surface area contributed by atoms with E-state index in [-0.39, 0.29) is 17.3 Å². The lowest BCUT2D eigenvalue weighted by atomic mass is 10.1. The number of ether oxygens (including phenoxy) is 1. The van der Waals surface area contributed by atoms with E-state index in [2.05, 4.69) is 15.0 Å². The minimum absolute atomic E-state index is 0.106. The molecule has 0 radical (unpaired) electrons. The molecule has 12 heteroatoms. The lowest BCUT2D eigenvalue weighted by Gasteiger charge is -2.10. The van der Waals surface area contributed by atoms with Crippen LogP contribution >= 0.6 is 11.3 Å². The van der Waals surface area contributed by atoms with Gasteiger partial charge in [-0.3, -0.25) is 20.2 Å². The molecule has 0 bridgehead atoms. The monoisotopic (exact) mass is 469 g/mol. The maximum Gasteiger partial charge on any atom is 0.422 e. The zero-order chi connectivity index (χ0) is 23.5. The minimum atomic E-state index is -4.61. The molecule has 32 heavy (non-hydrogen) atoms. The van der Waals surface area contributed by atoms with Crippen LogP contribution in [0.1, 0.15) is 26.5 Å². The molecule has 3 rings (SSSR count). The van der Waals surface area contributed by atoms with Crippen molar-refractivity contribution >= 4 is 28.1 Å². The van der Waals surface area contributed by atoms with Gasteiger partial charge in [-0.05, 0) is 30.7 Å². The molecule has 1 amide bonds. The van der Waals surface area contributed by atoms with Gasteiger partial charge in [0.05, 0.1) is 10.6 Å². The molecule has 2 aromatic carbocycles. The van der Waals surface area contributed by atoms with Crippen molar-refractivity contribution in [1.29, 1.82) is 0 Å². The molecule has 0 aliphatic heterocycles. The summed E-state index contributed by atoms with van der Waals surface area (Å²) in [6.07, 6.45) is -4.38. The minimum Gasteiger partial charge on any atom is -0.484 e. The van der Waals surface area contributed by atoms with E-state index in [0.29, 0.717) is 16.1 Å². The zero-order valence-electron chi connectivity index (χ0n) is 16.4. The SMILES string of the molecule is Cc1nc(NC(=O)c2cc(OCC(F)(F)F)ccc2[N+](=O)[O-])sc1Cc1ccccc1F. The zero-order valence-corrected chi connectivity index (χ0v) is 17.2. The lowest BCUT2D eigenvalue weighted by Crippen LogP contribution is -2.20. The van der Waals surface area contributed by atoms with Gasteiger partial charge < -0.3 is 4.74 Å². The number of amides is 1. The maximum absolute atomic E-state index is 13.9. The van der Waals surface area contributed by atoms with Crippen LogP contribution in [0.2, 0.25) is 0 Å². The Morgan fingerprint density at radius 1 is 1.25 bits per heavy atom. The summed E-state index contributed by atoms with van der Waals surface area (Å²) in [4.78, 5) is 27.9. The molecular formula is C20H15F4N3O4S. The van der Waals surface area contributed by atoms with Gasteiger partial charge in [-0.2, -0.15) is 13.2 Å². The van der Waals surface area contributed by atoms with Crippen molar-refractivity contribution in [3.05, 3.63) is 80.1 Å². The molecule has 168 valence electrons. The number of thiazole rings is 1. The molecule has 0 fully saturated rings. The second kappa shape index (κ2) is 9.30. The van der Waals surface area contributed by atoms with E-state index < -0.39 is 40.7 Å². The highest BCUT2D eigenvalue weighted by Crippen LogP contribution is 2.29. The van der Waals surface area contributed by atoms with Gasteiger partial charge in [0.1, 0.15) is 17.1 Å². The number of hydrogen-bond acceptors (Lipinski definition) is 6. The Kier molecular flexibility index (Phi) is 6.72. The summed E-state index contributed by atoms with van der Waals surface area (Å²) in [5, 5.41) is 13.8. The Morgan fingerprint density at radius 3 is 2.62 bits per heavy atom. The van der Waals surface area contributed by atoms with Gasteiger partial charge >= 0.3 is 6.18 Å². The molecule has 3 aromatic rings. The summed E-state index contributed by atoms with van der Waals surface area (Å²) in [5.41, 5.74) is -0.132. The predicted octanol–water partition coefficient (Wildman–Crippen LogP) is 5.28. The molecule has 1 heterocycles. The first kappa shape index (κ1) is 23.1. The van der Waals surface area contributed by atoms with Crippen LogP contribution in [-0.2, 0) is 6.42 Å². The molecule has 7 nitrogen and oxygen atoms in total. The third-order valence-corrected chi connectivity index (χ3v) is 5.31. The van der Waals surface area contributed by atoms with Crippen molar-refractivity contribution in [2.75, 3.05) is 11.9 Å². The molecule has 0 saturated heterocycles. The number of halogens is 4. The highest BCUT2D eigenvalue weighted by molar-refractivity contribution is 7.15. The lowest BCUT2D eigenvalue weighted by molar-refractivity contribution is -0.385. The van der Waals surface area contributed by atoms with Crippen LogP contribution in [-0.4, -0.2) is 28.6 Å². The number of nitro groups is 1. The van der Waals surface area contributed by atoms with Crippen LogP contribution in [0.5, 0.6) is 5.75 Å². The third kappa shape index (κ3) is 5.78. The molecule has 0 aliphatic carbocycles. The van der Waals surface area contributed by atoms with E-state index in [1.165, 1.54) is 6.07 Å². The summed E-state index contributed by atoms with van der Waals surface area (Å²) in [5.74, 6) is -1.69. The Hall–Kier alpha value is -3.54.